The van der Waals surface area contributed by atoms with Crippen molar-refractivity contribution in [1.82, 2.24) is 5.32 Å². The van der Waals surface area contributed by atoms with Gasteiger partial charge in [-0.25, -0.2) is 9.69 Å². The average Bonchev–Trinajstić information content (AvgIpc) is 2.88. The molecule has 2 N–H and O–H groups in total. The number of nitro groups is 1. The quantitative estimate of drug-likeness (QED) is 0.183. The summed E-state index contributed by atoms with van der Waals surface area (Å²) in [7, 11) is 0. The number of aromatic hydroxyl groups is 1. The van der Waals surface area contributed by atoms with E-state index in [1.165, 1.54) is 18.2 Å². The van der Waals surface area contributed by atoms with E-state index in [9.17, 15) is 29.6 Å². The smallest absolute Gasteiger partial charge is 0.335 e. The van der Waals surface area contributed by atoms with E-state index in [1.807, 2.05) is 12.1 Å². The number of halogens is 1. The molecule has 3 aromatic rings. The summed E-state index contributed by atoms with van der Waals surface area (Å²) in [6.45, 7) is 1.99. The maximum Gasteiger partial charge on any atom is 0.335 e. The van der Waals surface area contributed by atoms with Gasteiger partial charge in [-0.05, 0) is 66.6 Å². The fourth-order valence-corrected chi connectivity index (χ4v) is 3.73. The number of hydrogen-bond acceptors (Lipinski definition) is 8. The third kappa shape index (κ3) is 5.57. The van der Waals surface area contributed by atoms with Gasteiger partial charge < -0.3 is 14.6 Å². The standard InChI is InChI=1S/C26H20ClN3O8/c1-2-37-22-13-16(12-21(23(22)31)30(35)36)11-20-24(32)28-26(34)29(25(20)33)18-7-9-19(10-8-18)38-14-15-3-5-17(27)6-4-15/h3-13,31H,2,14H2,1H3,(H,28,32,34). The van der Waals surface area contributed by atoms with Crippen molar-refractivity contribution in [3.8, 4) is 17.2 Å². The lowest BCUT2D eigenvalue weighted by Gasteiger charge is -2.26. The van der Waals surface area contributed by atoms with Gasteiger partial charge in [-0.1, -0.05) is 23.7 Å². The Labute approximate surface area is 221 Å². The molecule has 0 aromatic heterocycles. The number of urea groups is 1. The topological polar surface area (TPSA) is 148 Å². The normalized spacial score (nSPS) is 14.4. The monoisotopic (exact) mass is 537 g/mol. The molecule has 0 saturated carbocycles. The van der Waals surface area contributed by atoms with Crippen LogP contribution in [0.15, 0.2) is 66.2 Å². The first-order chi connectivity index (χ1) is 18.2. The van der Waals surface area contributed by atoms with Crippen LogP contribution in [0.2, 0.25) is 5.02 Å². The highest BCUT2D eigenvalue weighted by Crippen LogP contribution is 2.38. The second-order valence-corrected chi connectivity index (χ2v) is 8.38. The van der Waals surface area contributed by atoms with Crippen LogP contribution in [0.3, 0.4) is 0 Å². The lowest BCUT2D eigenvalue weighted by molar-refractivity contribution is -0.386. The first-order valence-corrected chi connectivity index (χ1v) is 11.6. The zero-order valence-corrected chi connectivity index (χ0v) is 20.6. The Morgan fingerprint density at radius 1 is 1.05 bits per heavy atom. The number of nitro benzene ring substituents is 1. The molecular formula is C26H20ClN3O8. The van der Waals surface area contributed by atoms with Crippen molar-refractivity contribution < 1.29 is 33.9 Å². The molecule has 1 heterocycles. The van der Waals surface area contributed by atoms with Crippen molar-refractivity contribution in [3.05, 3.63) is 92.5 Å². The van der Waals surface area contributed by atoms with Crippen LogP contribution in [-0.4, -0.2) is 34.5 Å². The summed E-state index contributed by atoms with van der Waals surface area (Å²) in [6, 6.07) is 14.4. The molecule has 1 aliphatic heterocycles. The maximum atomic E-state index is 13.2. The largest absolute Gasteiger partial charge is 0.500 e. The van der Waals surface area contributed by atoms with E-state index in [4.69, 9.17) is 21.1 Å². The molecule has 0 spiro atoms. The minimum absolute atomic E-state index is 0.0386. The number of ether oxygens (including phenoxy) is 2. The summed E-state index contributed by atoms with van der Waals surface area (Å²) >= 11 is 5.88. The predicted octanol–water partition coefficient (Wildman–Crippen LogP) is 4.60. The third-order valence-corrected chi connectivity index (χ3v) is 5.65. The molecule has 38 heavy (non-hydrogen) atoms. The van der Waals surface area contributed by atoms with Crippen molar-refractivity contribution in [1.29, 1.82) is 0 Å². The van der Waals surface area contributed by atoms with Crippen molar-refractivity contribution >= 4 is 46.9 Å². The molecule has 11 nitrogen and oxygen atoms in total. The van der Waals surface area contributed by atoms with Crippen LogP contribution in [0.25, 0.3) is 6.08 Å². The Balaban J connectivity index is 1.59. The second-order valence-electron chi connectivity index (χ2n) is 7.94. The van der Waals surface area contributed by atoms with Crippen LogP contribution in [0, 0.1) is 10.1 Å². The number of carbonyl (C=O) groups is 3. The van der Waals surface area contributed by atoms with Gasteiger partial charge in [-0.15, -0.1) is 0 Å². The summed E-state index contributed by atoms with van der Waals surface area (Å²) in [4.78, 5) is 49.5. The molecule has 194 valence electrons. The molecule has 0 bridgehead atoms. The summed E-state index contributed by atoms with van der Waals surface area (Å²) in [6.07, 6.45) is 1.08. The van der Waals surface area contributed by atoms with E-state index in [0.717, 1.165) is 22.6 Å². The molecule has 1 aliphatic rings. The second kappa shape index (κ2) is 11.0. The summed E-state index contributed by atoms with van der Waals surface area (Å²) in [5.74, 6) is -2.33. The zero-order valence-electron chi connectivity index (χ0n) is 19.8. The van der Waals surface area contributed by atoms with Crippen molar-refractivity contribution in [2.45, 2.75) is 13.5 Å². The van der Waals surface area contributed by atoms with Crippen molar-refractivity contribution in [3.63, 3.8) is 0 Å². The number of nitrogens with zero attached hydrogens (tertiary/aromatic N) is 2. The van der Waals surface area contributed by atoms with Crippen LogP contribution in [0.5, 0.6) is 17.2 Å². The number of phenols is 1. The summed E-state index contributed by atoms with van der Waals surface area (Å²) < 4.78 is 10.9. The fourth-order valence-electron chi connectivity index (χ4n) is 3.60. The Morgan fingerprint density at radius 3 is 2.37 bits per heavy atom. The molecule has 0 radical (unpaired) electrons. The van der Waals surface area contributed by atoms with Crippen LogP contribution < -0.4 is 19.7 Å². The third-order valence-electron chi connectivity index (χ3n) is 5.40. The van der Waals surface area contributed by atoms with Gasteiger partial charge in [0.05, 0.1) is 17.2 Å². The number of phenolic OH excluding ortho intramolecular Hbond substituents is 1. The molecule has 4 amide bonds. The molecule has 4 rings (SSSR count). The first kappa shape index (κ1) is 26.2. The minimum atomic E-state index is -0.979. The van der Waals surface area contributed by atoms with Crippen LogP contribution in [0.4, 0.5) is 16.2 Å². The molecule has 12 heteroatoms. The zero-order chi connectivity index (χ0) is 27.4. The van der Waals surface area contributed by atoms with Gasteiger partial charge in [0.25, 0.3) is 11.8 Å². The van der Waals surface area contributed by atoms with Crippen LogP contribution in [-0.2, 0) is 16.2 Å². The molecule has 1 fully saturated rings. The Bertz CT molecular complexity index is 1450. The number of barbiturate groups is 1. The Morgan fingerprint density at radius 2 is 1.74 bits per heavy atom. The van der Waals surface area contributed by atoms with Gasteiger partial charge >= 0.3 is 11.7 Å². The van der Waals surface area contributed by atoms with E-state index in [0.29, 0.717) is 10.8 Å². The molecule has 1 saturated heterocycles. The SMILES string of the molecule is CCOc1cc(C=C2C(=O)NC(=O)N(c3ccc(OCc4ccc(Cl)cc4)cc3)C2=O)cc([N+](=O)[O-])c1O. The highest BCUT2D eigenvalue weighted by molar-refractivity contribution is 6.39. The van der Waals surface area contributed by atoms with E-state index in [2.05, 4.69) is 5.32 Å². The molecule has 0 aliphatic carbocycles. The summed E-state index contributed by atoms with van der Waals surface area (Å²) in [5.41, 5.74) is -0.0314. The number of amides is 4. The number of imide groups is 2. The number of benzene rings is 3. The highest BCUT2D eigenvalue weighted by Gasteiger charge is 2.37. The maximum absolute atomic E-state index is 13.2. The van der Waals surface area contributed by atoms with Gasteiger partial charge in [0.1, 0.15) is 17.9 Å². The minimum Gasteiger partial charge on any atom is -0.500 e. The Kier molecular flexibility index (Phi) is 7.58. The van der Waals surface area contributed by atoms with E-state index >= 15 is 0 Å². The van der Waals surface area contributed by atoms with Gasteiger partial charge in [-0.3, -0.25) is 25.0 Å². The Hall–Kier alpha value is -4.90. The average molecular weight is 538 g/mol. The van der Waals surface area contributed by atoms with Crippen molar-refractivity contribution in [2.75, 3.05) is 11.5 Å². The number of rotatable bonds is 8. The molecule has 3 aromatic carbocycles. The highest BCUT2D eigenvalue weighted by atomic mass is 35.5. The van der Waals surface area contributed by atoms with Gasteiger partial charge in [0.2, 0.25) is 5.75 Å². The molecule has 0 unspecified atom stereocenters. The van der Waals surface area contributed by atoms with E-state index in [1.54, 1.807) is 31.2 Å². The number of nitrogens with one attached hydrogen (secondary N) is 1. The number of anilines is 1. The first-order valence-electron chi connectivity index (χ1n) is 11.2. The van der Waals surface area contributed by atoms with Gasteiger partial charge in [0.15, 0.2) is 5.75 Å². The van der Waals surface area contributed by atoms with Gasteiger partial charge in [0, 0.05) is 11.1 Å². The van der Waals surface area contributed by atoms with Crippen LogP contribution in [0.1, 0.15) is 18.1 Å². The van der Waals surface area contributed by atoms with Gasteiger partial charge in [-0.2, -0.15) is 0 Å². The summed E-state index contributed by atoms with van der Waals surface area (Å²) in [5, 5.41) is 24.1. The number of hydrogen-bond donors (Lipinski definition) is 2. The van der Waals surface area contributed by atoms with Crippen LogP contribution >= 0.6 is 11.6 Å². The van der Waals surface area contributed by atoms with Crippen molar-refractivity contribution in [2.24, 2.45) is 0 Å². The lowest BCUT2D eigenvalue weighted by Crippen LogP contribution is -2.54. The lowest BCUT2D eigenvalue weighted by atomic mass is 10.1. The molecular weight excluding hydrogens is 518 g/mol. The van der Waals surface area contributed by atoms with E-state index < -0.39 is 39.8 Å². The van der Waals surface area contributed by atoms with E-state index in [-0.39, 0.29) is 30.2 Å². The fraction of sp³-hybridized carbons (Fsp3) is 0.115. The predicted molar refractivity (Wildman–Crippen MR) is 137 cm³/mol. The number of carbonyl (C=O) groups excluding carboxylic acids is 3. The molecule has 0 atom stereocenters.